The molecule has 4 N–H and O–H groups in total. The van der Waals surface area contributed by atoms with E-state index in [-0.39, 0.29) is 5.50 Å². The van der Waals surface area contributed by atoms with E-state index in [4.69, 9.17) is 23.2 Å². The summed E-state index contributed by atoms with van der Waals surface area (Å²) in [6.07, 6.45) is 5.10. The molecule has 2 aromatic heterocycles. The largest absolute Gasteiger partial charge is 0.361 e. The number of fused-ring (bicyclic) bond motifs is 2. The van der Waals surface area contributed by atoms with Crippen molar-refractivity contribution in [2.24, 2.45) is 0 Å². The van der Waals surface area contributed by atoms with Gasteiger partial charge in [0.2, 0.25) is 0 Å². The molecule has 1 aliphatic rings. The summed E-state index contributed by atoms with van der Waals surface area (Å²) in [6.45, 7) is 2.84. The molecule has 3 heterocycles. The number of benzene rings is 2. The number of hydrogen-bond donors (Lipinski definition) is 4. The highest BCUT2D eigenvalue weighted by atomic mass is 35.5. The molecule has 33 heavy (non-hydrogen) atoms. The van der Waals surface area contributed by atoms with Crippen LogP contribution in [0.1, 0.15) is 30.0 Å². The monoisotopic (exact) mass is 480 g/mol. The lowest BCUT2D eigenvalue weighted by Crippen LogP contribution is -2.23. The van der Waals surface area contributed by atoms with Crippen molar-refractivity contribution < 1.29 is 9.59 Å². The van der Waals surface area contributed by atoms with Crippen molar-refractivity contribution in [3.05, 3.63) is 70.5 Å². The number of nitrogens with one attached hydrogen (secondary N) is 4. The number of imide groups is 1. The minimum Gasteiger partial charge on any atom is -0.361 e. The molecule has 6 nitrogen and oxygen atoms in total. The summed E-state index contributed by atoms with van der Waals surface area (Å²) in [6, 6.07) is 11.5. The number of aromatic nitrogens is 2. The molecular weight excluding hydrogens is 459 g/mol. The number of halogens is 2. The zero-order valence-electron chi connectivity index (χ0n) is 17.9. The van der Waals surface area contributed by atoms with Gasteiger partial charge in [-0.2, -0.15) is 0 Å². The third-order valence-electron chi connectivity index (χ3n) is 5.97. The molecule has 0 saturated carbocycles. The molecule has 0 spiro atoms. The van der Waals surface area contributed by atoms with Crippen LogP contribution in [0, 0.1) is 0 Å². The maximum Gasteiger partial charge on any atom is 0.259 e. The molecule has 0 aliphatic carbocycles. The Labute approximate surface area is 200 Å². The molecule has 1 unspecified atom stereocenters. The lowest BCUT2D eigenvalue weighted by molar-refractivity contribution is -0.122. The second-order valence-corrected chi connectivity index (χ2v) is 9.03. The maximum atomic E-state index is 12.9. The number of hydrogen-bond acceptors (Lipinski definition) is 3. The Morgan fingerprint density at radius 2 is 1.52 bits per heavy atom. The van der Waals surface area contributed by atoms with Crippen molar-refractivity contribution in [2.75, 3.05) is 6.54 Å². The highest BCUT2D eigenvalue weighted by Gasteiger charge is 2.34. The van der Waals surface area contributed by atoms with Crippen LogP contribution in [-0.4, -0.2) is 33.8 Å². The topological polar surface area (TPSA) is 89.8 Å². The van der Waals surface area contributed by atoms with Crippen LogP contribution in [0.3, 0.4) is 0 Å². The molecule has 2 amide bonds. The number of carbonyl (C=O) groups is 2. The van der Waals surface area contributed by atoms with Crippen molar-refractivity contribution in [1.82, 2.24) is 20.6 Å². The zero-order chi connectivity index (χ0) is 23.1. The van der Waals surface area contributed by atoms with Gasteiger partial charge in [-0.3, -0.25) is 14.9 Å². The van der Waals surface area contributed by atoms with E-state index in [1.807, 2.05) is 19.1 Å². The minimum atomic E-state index is -0.419. The van der Waals surface area contributed by atoms with Crippen LogP contribution < -0.4 is 10.6 Å². The van der Waals surface area contributed by atoms with Gasteiger partial charge in [-0.15, -0.1) is 11.6 Å². The van der Waals surface area contributed by atoms with E-state index in [0.717, 1.165) is 46.8 Å². The predicted molar refractivity (Wildman–Crippen MR) is 133 cm³/mol. The quantitative estimate of drug-likeness (QED) is 0.171. The first-order chi connectivity index (χ1) is 16.0. The van der Waals surface area contributed by atoms with E-state index < -0.39 is 11.8 Å². The first-order valence-corrected chi connectivity index (χ1v) is 11.6. The molecule has 5 rings (SSSR count). The molecule has 1 atom stereocenters. The molecule has 8 heteroatoms. The number of aryl methyl sites for hydroxylation is 1. The van der Waals surface area contributed by atoms with Crippen molar-refractivity contribution in [1.29, 1.82) is 0 Å². The fraction of sp³-hybridized carbons (Fsp3) is 0.200. The van der Waals surface area contributed by atoms with Crippen LogP contribution in [0.15, 0.2) is 48.8 Å². The van der Waals surface area contributed by atoms with Gasteiger partial charge in [0.15, 0.2) is 0 Å². The van der Waals surface area contributed by atoms with E-state index in [1.165, 1.54) is 0 Å². The van der Waals surface area contributed by atoms with Gasteiger partial charge >= 0.3 is 0 Å². The van der Waals surface area contributed by atoms with E-state index in [1.54, 1.807) is 24.5 Å². The Kier molecular flexibility index (Phi) is 5.74. The van der Waals surface area contributed by atoms with Crippen molar-refractivity contribution in [3.8, 4) is 0 Å². The smallest absolute Gasteiger partial charge is 0.259 e. The third-order valence-corrected chi connectivity index (χ3v) is 6.58. The fourth-order valence-corrected chi connectivity index (χ4v) is 4.85. The average molecular weight is 481 g/mol. The highest BCUT2D eigenvalue weighted by molar-refractivity contribution is 6.50. The van der Waals surface area contributed by atoms with Crippen LogP contribution in [0.2, 0.25) is 5.02 Å². The van der Waals surface area contributed by atoms with Gasteiger partial charge in [0, 0.05) is 50.3 Å². The molecule has 0 fully saturated rings. The summed E-state index contributed by atoms with van der Waals surface area (Å²) in [7, 11) is 0. The van der Waals surface area contributed by atoms with Gasteiger partial charge in [0.1, 0.15) is 0 Å². The van der Waals surface area contributed by atoms with E-state index in [2.05, 4.69) is 32.7 Å². The third kappa shape index (κ3) is 3.95. The van der Waals surface area contributed by atoms with Crippen LogP contribution in [0.25, 0.3) is 33.0 Å². The van der Waals surface area contributed by atoms with Crippen LogP contribution in [0.4, 0.5) is 0 Å². The first-order valence-electron chi connectivity index (χ1n) is 10.8. The normalized spacial score (nSPS) is 15.1. The second kappa shape index (κ2) is 8.71. The Morgan fingerprint density at radius 3 is 2.15 bits per heavy atom. The Bertz CT molecular complexity index is 1430. The Balaban J connectivity index is 1.62. The number of alkyl halides is 1. The lowest BCUT2D eigenvalue weighted by Gasteiger charge is -2.10. The number of H-pyrrole nitrogens is 2. The molecule has 0 bridgehead atoms. The van der Waals surface area contributed by atoms with Crippen molar-refractivity contribution >= 4 is 68.0 Å². The average Bonchev–Trinajstić information content (AvgIpc) is 3.46. The van der Waals surface area contributed by atoms with Crippen LogP contribution in [0.5, 0.6) is 0 Å². The standard InChI is InChI=1S/C25H22Cl2N4O2/c1-2-28-21(27)8-4-13-3-6-19-15(9-13)17(11-29-19)22-23(25(33)31-24(22)32)18-12-30-20-7-5-14(26)10-16(18)20/h3,5-7,9-12,21,28-30H,2,4,8H2,1H3,(H,31,32,33). The van der Waals surface area contributed by atoms with Gasteiger partial charge in [-0.05, 0) is 55.3 Å². The van der Waals surface area contributed by atoms with E-state index in [0.29, 0.717) is 27.3 Å². The molecule has 0 saturated heterocycles. The summed E-state index contributed by atoms with van der Waals surface area (Å²) >= 11 is 12.5. The van der Waals surface area contributed by atoms with Gasteiger partial charge in [-0.1, -0.05) is 24.6 Å². The summed E-state index contributed by atoms with van der Waals surface area (Å²) in [5.41, 5.74) is 4.77. The molecular formula is C25H22Cl2N4O2. The van der Waals surface area contributed by atoms with E-state index >= 15 is 0 Å². The molecule has 1 aliphatic heterocycles. The predicted octanol–water partition coefficient (Wildman–Crippen LogP) is 4.98. The van der Waals surface area contributed by atoms with Gasteiger partial charge in [0.05, 0.1) is 16.6 Å². The van der Waals surface area contributed by atoms with Gasteiger partial charge in [-0.25, -0.2) is 0 Å². The maximum absolute atomic E-state index is 12.9. The molecule has 0 radical (unpaired) electrons. The van der Waals surface area contributed by atoms with Gasteiger partial charge in [0.25, 0.3) is 11.8 Å². The Morgan fingerprint density at radius 1 is 0.909 bits per heavy atom. The van der Waals surface area contributed by atoms with Crippen LogP contribution in [-0.2, 0) is 16.0 Å². The van der Waals surface area contributed by atoms with Crippen molar-refractivity contribution in [3.63, 3.8) is 0 Å². The SMILES string of the molecule is CCNC(Cl)CCc1ccc2[nH]cc(C3=C(c4c[nH]c5ccc(Cl)cc45)C(=O)NC3=O)c2c1. The lowest BCUT2D eigenvalue weighted by atomic mass is 9.95. The summed E-state index contributed by atoms with van der Waals surface area (Å²) in [5.74, 6) is -0.831. The minimum absolute atomic E-state index is 0.0994. The van der Waals surface area contributed by atoms with Crippen LogP contribution >= 0.6 is 23.2 Å². The highest BCUT2D eigenvalue weighted by Crippen LogP contribution is 2.38. The van der Waals surface area contributed by atoms with Crippen molar-refractivity contribution in [2.45, 2.75) is 25.3 Å². The summed E-state index contributed by atoms with van der Waals surface area (Å²) in [5, 5.41) is 7.90. The first kappa shape index (κ1) is 21.8. The van der Waals surface area contributed by atoms with E-state index in [9.17, 15) is 9.59 Å². The number of aromatic amines is 2. The number of amides is 2. The molecule has 2 aromatic carbocycles. The second-order valence-electron chi connectivity index (χ2n) is 8.07. The number of rotatable bonds is 7. The summed E-state index contributed by atoms with van der Waals surface area (Å²) < 4.78 is 0. The fourth-order valence-electron chi connectivity index (χ4n) is 4.42. The zero-order valence-corrected chi connectivity index (χ0v) is 19.4. The molecule has 4 aromatic rings. The number of carbonyl (C=O) groups excluding carboxylic acids is 2. The van der Waals surface area contributed by atoms with Gasteiger partial charge < -0.3 is 15.3 Å². The summed E-state index contributed by atoms with van der Waals surface area (Å²) in [4.78, 5) is 32.2. The Hall–Kier alpha value is -3.06. The molecule has 168 valence electrons.